The van der Waals surface area contributed by atoms with Gasteiger partial charge >= 0.3 is 0 Å². The van der Waals surface area contributed by atoms with Crippen molar-refractivity contribution in [2.24, 2.45) is 0 Å². The Bertz CT molecular complexity index is 1020. The molecule has 0 radical (unpaired) electrons. The summed E-state index contributed by atoms with van der Waals surface area (Å²) in [6.07, 6.45) is 0.726. The third kappa shape index (κ3) is 6.33. The number of hydrogen-bond acceptors (Lipinski definition) is 4. The van der Waals surface area contributed by atoms with Gasteiger partial charge < -0.3 is 9.47 Å². The van der Waals surface area contributed by atoms with Gasteiger partial charge in [0.25, 0.3) is 0 Å². The van der Waals surface area contributed by atoms with Crippen LogP contribution in [-0.2, 0) is 11.2 Å². The topological polar surface area (TPSA) is 38.8 Å². The molecule has 0 atom stereocenters. The molecule has 0 saturated carbocycles. The SMILES string of the molecule is CC(=O)COc1ccc2ccccc2c1Cc1ccc(OCCN(C(C)C)C(C)C)cc1. The third-order valence-corrected chi connectivity index (χ3v) is 5.68. The maximum Gasteiger partial charge on any atom is 0.167 e. The van der Waals surface area contributed by atoms with E-state index in [9.17, 15) is 4.79 Å². The molecule has 0 aliphatic heterocycles. The minimum absolute atomic E-state index is 0.0131. The molecule has 0 aliphatic rings. The predicted octanol–water partition coefficient (Wildman–Crippen LogP) is 5.90. The number of carbonyl (C=O) groups excluding carboxylic acids is 1. The van der Waals surface area contributed by atoms with Crippen LogP contribution in [0, 0.1) is 0 Å². The smallest absolute Gasteiger partial charge is 0.167 e. The summed E-state index contributed by atoms with van der Waals surface area (Å²) in [5, 5.41) is 2.31. The maximum atomic E-state index is 11.4. The number of rotatable bonds is 11. The van der Waals surface area contributed by atoms with Crippen molar-refractivity contribution in [3.63, 3.8) is 0 Å². The van der Waals surface area contributed by atoms with Crippen LogP contribution in [0.15, 0.2) is 60.7 Å². The zero-order valence-electron chi connectivity index (χ0n) is 19.9. The summed E-state index contributed by atoms with van der Waals surface area (Å²) >= 11 is 0. The number of Topliss-reactive ketones (excluding diaryl/α,β-unsaturated/α-hetero) is 1. The average Bonchev–Trinajstić information content (AvgIpc) is 2.76. The number of benzene rings is 3. The van der Waals surface area contributed by atoms with E-state index < -0.39 is 0 Å². The second kappa shape index (κ2) is 11.1. The molecule has 3 aromatic carbocycles. The molecular weight excluding hydrogens is 398 g/mol. The zero-order chi connectivity index (χ0) is 23.1. The molecule has 4 nitrogen and oxygen atoms in total. The second-order valence-electron chi connectivity index (χ2n) is 8.85. The van der Waals surface area contributed by atoms with Crippen molar-refractivity contribution in [1.29, 1.82) is 0 Å². The molecule has 4 heteroatoms. The van der Waals surface area contributed by atoms with Crippen LogP contribution in [0.3, 0.4) is 0 Å². The van der Waals surface area contributed by atoms with Crippen molar-refractivity contribution < 1.29 is 14.3 Å². The van der Waals surface area contributed by atoms with Gasteiger partial charge in [0, 0.05) is 30.6 Å². The van der Waals surface area contributed by atoms with Gasteiger partial charge in [-0.05, 0) is 69.2 Å². The molecule has 0 aromatic heterocycles. The Morgan fingerprint density at radius 3 is 2.22 bits per heavy atom. The summed E-state index contributed by atoms with van der Waals surface area (Å²) in [6, 6.07) is 21.6. The fraction of sp³-hybridized carbons (Fsp3) is 0.393. The quantitative estimate of drug-likeness (QED) is 0.378. The van der Waals surface area contributed by atoms with Crippen molar-refractivity contribution in [3.05, 3.63) is 71.8 Å². The van der Waals surface area contributed by atoms with E-state index in [1.54, 1.807) is 6.92 Å². The molecule has 0 fully saturated rings. The third-order valence-electron chi connectivity index (χ3n) is 5.68. The van der Waals surface area contributed by atoms with Gasteiger partial charge in [-0.2, -0.15) is 0 Å². The highest BCUT2D eigenvalue weighted by Gasteiger charge is 2.13. The summed E-state index contributed by atoms with van der Waals surface area (Å²) in [5.41, 5.74) is 2.27. The molecule has 0 unspecified atom stereocenters. The van der Waals surface area contributed by atoms with Gasteiger partial charge in [0.05, 0.1) is 0 Å². The first-order chi connectivity index (χ1) is 15.3. The minimum atomic E-state index is 0.0131. The predicted molar refractivity (Wildman–Crippen MR) is 132 cm³/mol. The first-order valence-corrected chi connectivity index (χ1v) is 11.5. The van der Waals surface area contributed by atoms with Gasteiger partial charge in [0.15, 0.2) is 5.78 Å². The lowest BCUT2D eigenvalue weighted by Gasteiger charge is -2.30. The van der Waals surface area contributed by atoms with E-state index in [1.807, 2.05) is 36.4 Å². The molecule has 3 aromatic rings. The molecule has 170 valence electrons. The van der Waals surface area contributed by atoms with Crippen LogP contribution in [0.4, 0.5) is 0 Å². The molecular formula is C28H35NO3. The minimum Gasteiger partial charge on any atom is -0.492 e. The lowest BCUT2D eigenvalue weighted by atomic mass is 9.97. The first kappa shape index (κ1) is 23.8. The Hall–Kier alpha value is -2.85. The highest BCUT2D eigenvalue weighted by atomic mass is 16.5. The number of ether oxygens (including phenoxy) is 2. The lowest BCUT2D eigenvalue weighted by molar-refractivity contribution is -0.118. The van der Waals surface area contributed by atoms with Crippen LogP contribution in [0.1, 0.15) is 45.7 Å². The van der Waals surface area contributed by atoms with Gasteiger partial charge in [-0.1, -0.05) is 42.5 Å². The number of hydrogen-bond donors (Lipinski definition) is 0. The molecule has 0 heterocycles. The normalized spacial score (nSPS) is 11.5. The van der Waals surface area contributed by atoms with Crippen molar-refractivity contribution in [1.82, 2.24) is 4.90 Å². The molecule has 0 N–H and O–H groups in total. The van der Waals surface area contributed by atoms with Crippen LogP contribution < -0.4 is 9.47 Å². The largest absolute Gasteiger partial charge is 0.492 e. The summed E-state index contributed by atoms with van der Waals surface area (Å²) < 4.78 is 11.8. The van der Waals surface area contributed by atoms with E-state index in [2.05, 4.69) is 56.9 Å². The number of ketones is 1. The molecule has 3 rings (SSSR count). The molecule has 32 heavy (non-hydrogen) atoms. The van der Waals surface area contributed by atoms with Gasteiger partial charge in [0.2, 0.25) is 0 Å². The van der Waals surface area contributed by atoms with E-state index in [4.69, 9.17) is 9.47 Å². The van der Waals surface area contributed by atoms with Crippen molar-refractivity contribution in [3.8, 4) is 11.5 Å². The Balaban J connectivity index is 1.72. The van der Waals surface area contributed by atoms with E-state index >= 15 is 0 Å². The fourth-order valence-corrected chi connectivity index (χ4v) is 4.10. The molecule has 0 spiro atoms. The van der Waals surface area contributed by atoms with E-state index in [0.717, 1.165) is 40.8 Å². The Kier molecular flexibility index (Phi) is 8.29. The average molecular weight is 434 g/mol. The highest BCUT2D eigenvalue weighted by molar-refractivity contribution is 5.88. The standard InChI is InChI=1S/C28H35NO3/c1-20(2)29(21(3)4)16-17-31-25-13-10-23(11-14-25)18-27-26-9-7-6-8-24(26)12-15-28(27)32-19-22(5)30/h6-15,20-21H,16-19H2,1-5H3. The van der Waals surface area contributed by atoms with Crippen LogP contribution in [0.5, 0.6) is 11.5 Å². The van der Waals surface area contributed by atoms with Gasteiger partial charge in [0.1, 0.15) is 24.7 Å². The second-order valence-corrected chi connectivity index (χ2v) is 8.85. The number of fused-ring (bicyclic) bond motifs is 1. The van der Waals surface area contributed by atoms with Crippen LogP contribution >= 0.6 is 0 Å². The Morgan fingerprint density at radius 2 is 1.56 bits per heavy atom. The molecule has 0 amide bonds. The van der Waals surface area contributed by atoms with Gasteiger partial charge in [-0.3, -0.25) is 9.69 Å². The van der Waals surface area contributed by atoms with Gasteiger partial charge in [-0.15, -0.1) is 0 Å². The monoisotopic (exact) mass is 433 g/mol. The fourth-order valence-electron chi connectivity index (χ4n) is 4.10. The molecule has 0 saturated heterocycles. The first-order valence-electron chi connectivity index (χ1n) is 11.5. The van der Waals surface area contributed by atoms with Gasteiger partial charge in [-0.25, -0.2) is 0 Å². The summed E-state index contributed by atoms with van der Waals surface area (Å²) in [6.45, 7) is 12.1. The lowest BCUT2D eigenvalue weighted by Crippen LogP contribution is -2.39. The van der Waals surface area contributed by atoms with E-state index in [-0.39, 0.29) is 12.4 Å². The molecule has 0 bridgehead atoms. The summed E-state index contributed by atoms with van der Waals surface area (Å²) in [5.74, 6) is 1.66. The van der Waals surface area contributed by atoms with Crippen molar-refractivity contribution >= 4 is 16.6 Å². The van der Waals surface area contributed by atoms with Crippen LogP contribution in [0.25, 0.3) is 10.8 Å². The zero-order valence-corrected chi connectivity index (χ0v) is 19.9. The maximum absolute atomic E-state index is 11.4. The van der Waals surface area contributed by atoms with Crippen LogP contribution in [-0.4, -0.2) is 42.5 Å². The van der Waals surface area contributed by atoms with Crippen molar-refractivity contribution in [2.75, 3.05) is 19.8 Å². The summed E-state index contributed by atoms with van der Waals surface area (Å²) in [7, 11) is 0. The number of nitrogens with zero attached hydrogens (tertiary/aromatic N) is 1. The number of carbonyl (C=O) groups is 1. The Morgan fingerprint density at radius 1 is 0.875 bits per heavy atom. The van der Waals surface area contributed by atoms with E-state index in [0.29, 0.717) is 18.7 Å². The highest BCUT2D eigenvalue weighted by Crippen LogP contribution is 2.31. The summed E-state index contributed by atoms with van der Waals surface area (Å²) in [4.78, 5) is 13.9. The van der Waals surface area contributed by atoms with E-state index in [1.165, 1.54) is 5.56 Å². The molecule has 0 aliphatic carbocycles. The van der Waals surface area contributed by atoms with Crippen molar-refractivity contribution in [2.45, 2.75) is 53.1 Å². The van der Waals surface area contributed by atoms with Crippen LogP contribution in [0.2, 0.25) is 0 Å². The Labute approximate surface area is 192 Å².